The molecule has 1 aromatic carbocycles. The molecule has 0 fully saturated rings. The zero-order valence-electron chi connectivity index (χ0n) is 11.6. The molecular formula is C16H14BrN3O2. The summed E-state index contributed by atoms with van der Waals surface area (Å²) >= 11 is 3.35. The van der Waals surface area contributed by atoms with Gasteiger partial charge in [0.15, 0.2) is 0 Å². The molecule has 22 heavy (non-hydrogen) atoms. The van der Waals surface area contributed by atoms with Crippen molar-refractivity contribution in [3.8, 4) is 0 Å². The summed E-state index contributed by atoms with van der Waals surface area (Å²) in [6.07, 6.45) is 5.16. The normalized spacial score (nSPS) is 12.0. The highest BCUT2D eigenvalue weighted by Crippen LogP contribution is 2.17. The molecule has 0 aliphatic rings. The predicted octanol–water partition coefficient (Wildman–Crippen LogP) is 3.26. The van der Waals surface area contributed by atoms with Crippen LogP contribution in [0.3, 0.4) is 0 Å². The Balaban J connectivity index is 1.72. The van der Waals surface area contributed by atoms with Crippen molar-refractivity contribution < 1.29 is 9.21 Å². The van der Waals surface area contributed by atoms with E-state index in [-0.39, 0.29) is 11.9 Å². The van der Waals surface area contributed by atoms with Crippen LogP contribution in [0.15, 0.2) is 70.0 Å². The van der Waals surface area contributed by atoms with Crippen LogP contribution in [0, 0.1) is 0 Å². The van der Waals surface area contributed by atoms with Crippen LogP contribution in [-0.4, -0.2) is 22.2 Å². The van der Waals surface area contributed by atoms with Crippen molar-refractivity contribution in [3.05, 3.63) is 76.9 Å². The lowest BCUT2D eigenvalue weighted by molar-refractivity contribution is 0.0948. The standard InChI is InChI=1S/C16H14BrN3O2/c17-13-6-4-12(5-7-13)16(21)18-11-14(15-3-1-10-22-15)20-9-2-8-19-20/h1-10,14H,11H2,(H,18,21). The van der Waals surface area contributed by atoms with Gasteiger partial charge in [0.05, 0.1) is 6.26 Å². The molecule has 2 aromatic heterocycles. The van der Waals surface area contributed by atoms with Crippen LogP contribution in [0.4, 0.5) is 0 Å². The van der Waals surface area contributed by atoms with Crippen LogP contribution in [0.25, 0.3) is 0 Å². The average molecular weight is 360 g/mol. The number of halogens is 1. The van der Waals surface area contributed by atoms with Crippen LogP contribution < -0.4 is 5.32 Å². The lowest BCUT2D eigenvalue weighted by Gasteiger charge is -2.16. The number of carbonyl (C=O) groups is 1. The third-order valence-electron chi connectivity index (χ3n) is 3.28. The Morgan fingerprint density at radius 2 is 2.09 bits per heavy atom. The summed E-state index contributed by atoms with van der Waals surface area (Å²) in [5.74, 6) is 0.621. The number of nitrogens with one attached hydrogen (secondary N) is 1. The molecular weight excluding hydrogens is 346 g/mol. The first kappa shape index (κ1) is 14.6. The second-order valence-corrected chi connectivity index (χ2v) is 5.65. The summed E-state index contributed by atoms with van der Waals surface area (Å²) in [5, 5.41) is 7.15. The quantitative estimate of drug-likeness (QED) is 0.760. The topological polar surface area (TPSA) is 60.1 Å². The second-order valence-electron chi connectivity index (χ2n) is 4.73. The Kier molecular flexibility index (Phi) is 4.39. The first-order valence-corrected chi connectivity index (χ1v) is 7.59. The molecule has 0 aliphatic heterocycles. The van der Waals surface area contributed by atoms with Crippen molar-refractivity contribution in [2.75, 3.05) is 6.54 Å². The van der Waals surface area contributed by atoms with Gasteiger partial charge in [-0.15, -0.1) is 0 Å². The minimum atomic E-state index is -0.176. The number of hydrogen-bond donors (Lipinski definition) is 1. The maximum atomic E-state index is 12.2. The zero-order chi connectivity index (χ0) is 15.4. The molecule has 2 heterocycles. The largest absolute Gasteiger partial charge is 0.467 e. The third kappa shape index (κ3) is 3.28. The number of rotatable bonds is 5. The highest BCUT2D eigenvalue weighted by atomic mass is 79.9. The second kappa shape index (κ2) is 6.62. The molecule has 1 N–H and O–H groups in total. The van der Waals surface area contributed by atoms with E-state index in [4.69, 9.17) is 4.42 Å². The third-order valence-corrected chi connectivity index (χ3v) is 3.81. The average Bonchev–Trinajstić information content (AvgIpc) is 3.22. The molecule has 0 saturated carbocycles. The molecule has 0 bridgehead atoms. The van der Waals surface area contributed by atoms with Crippen molar-refractivity contribution in [3.63, 3.8) is 0 Å². The first-order valence-electron chi connectivity index (χ1n) is 6.80. The number of benzene rings is 1. The van der Waals surface area contributed by atoms with Gasteiger partial charge in [0.1, 0.15) is 11.8 Å². The molecule has 112 valence electrons. The number of nitrogens with zero attached hydrogens (tertiary/aromatic N) is 2. The van der Waals surface area contributed by atoms with Crippen molar-refractivity contribution in [1.82, 2.24) is 15.1 Å². The summed E-state index contributed by atoms with van der Waals surface area (Å²) in [6.45, 7) is 0.393. The van der Waals surface area contributed by atoms with Crippen LogP contribution in [0.2, 0.25) is 0 Å². The fourth-order valence-corrected chi connectivity index (χ4v) is 2.43. The molecule has 0 radical (unpaired) electrons. The van der Waals surface area contributed by atoms with E-state index in [0.717, 1.165) is 10.2 Å². The number of hydrogen-bond acceptors (Lipinski definition) is 3. The van der Waals surface area contributed by atoms with Gasteiger partial charge in [-0.3, -0.25) is 9.48 Å². The Morgan fingerprint density at radius 3 is 2.73 bits per heavy atom. The SMILES string of the molecule is O=C(NCC(c1ccco1)n1cccn1)c1ccc(Br)cc1. The van der Waals surface area contributed by atoms with Crippen molar-refractivity contribution >= 4 is 21.8 Å². The molecule has 0 saturated heterocycles. The van der Waals surface area contributed by atoms with Gasteiger partial charge in [-0.05, 0) is 42.5 Å². The summed E-state index contributed by atoms with van der Waals surface area (Å²) in [5.41, 5.74) is 0.613. The Bertz CT molecular complexity index is 687. The number of carbonyl (C=O) groups excluding carboxylic acids is 1. The molecule has 0 spiro atoms. The Labute approximate surface area is 136 Å². The lowest BCUT2D eigenvalue weighted by Crippen LogP contribution is -2.31. The first-order chi connectivity index (χ1) is 10.7. The number of amides is 1. The van der Waals surface area contributed by atoms with Gasteiger partial charge in [-0.1, -0.05) is 15.9 Å². The smallest absolute Gasteiger partial charge is 0.251 e. The van der Waals surface area contributed by atoms with Gasteiger partial charge >= 0.3 is 0 Å². The fraction of sp³-hybridized carbons (Fsp3) is 0.125. The van der Waals surface area contributed by atoms with E-state index in [0.29, 0.717) is 12.1 Å². The van der Waals surface area contributed by atoms with E-state index in [2.05, 4.69) is 26.3 Å². The van der Waals surface area contributed by atoms with Crippen LogP contribution in [0.1, 0.15) is 22.2 Å². The highest BCUT2D eigenvalue weighted by Gasteiger charge is 2.18. The van der Waals surface area contributed by atoms with Crippen LogP contribution in [0.5, 0.6) is 0 Å². The van der Waals surface area contributed by atoms with Crippen LogP contribution >= 0.6 is 15.9 Å². The van der Waals surface area contributed by atoms with Crippen molar-refractivity contribution in [2.45, 2.75) is 6.04 Å². The maximum absolute atomic E-state index is 12.2. The molecule has 1 atom stereocenters. The van der Waals surface area contributed by atoms with E-state index in [9.17, 15) is 4.79 Å². The van der Waals surface area contributed by atoms with E-state index >= 15 is 0 Å². The minimum absolute atomic E-state index is 0.129. The monoisotopic (exact) mass is 359 g/mol. The Hall–Kier alpha value is -2.34. The summed E-state index contributed by atoms with van der Waals surface area (Å²) in [7, 11) is 0. The van der Waals surface area contributed by atoms with E-state index in [1.54, 1.807) is 29.3 Å². The van der Waals surface area contributed by atoms with Gasteiger partial charge in [-0.25, -0.2) is 0 Å². The van der Waals surface area contributed by atoms with Gasteiger partial charge in [0, 0.05) is 29.0 Å². The molecule has 5 nitrogen and oxygen atoms in total. The summed E-state index contributed by atoms with van der Waals surface area (Å²) in [6, 6.07) is 12.6. The highest BCUT2D eigenvalue weighted by molar-refractivity contribution is 9.10. The molecule has 1 unspecified atom stereocenters. The van der Waals surface area contributed by atoms with Crippen LogP contribution in [-0.2, 0) is 0 Å². The summed E-state index contributed by atoms with van der Waals surface area (Å²) < 4.78 is 8.16. The lowest BCUT2D eigenvalue weighted by atomic mass is 10.2. The number of aromatic nitrogens is 2. The van der Waals surface area contributed by atoms with E-state index in [1.807, 2.05) is 36.5 Å². The van der Waals surface area contributed by atoms with Gasteiger partial charge in [-0.2, -0.15) is 5.10 Å². The Morgan fingerprint density at radius 1 is 1.27 bits per heavy atom. The minimum Gasteiger partial charge on any atom is -0.467 e. The van der Waals surface area contributed by atoms with Gasteiger partial charge < -0.3 is 9.73 Å². The van der Waals surface area contributed by atoms with Gasteiger partial charge in [0.25, 0.3) is 5.91 Å². The van der Waals surface area contributed by atoms with E-state index < -0.39 is 0 Å². The van der Waals surface area contributed by atoms with Gasteiger partial charge in [0.2, 0.25) is 0 Å². The predicted molar refractivity (Wildman–Crippen MR) is 85.5 cm³/mol. The molecule has 3 aromatic rings. The summed E-state index contributed by atoms with van der Waals surface area (Å²) in [4.78, 5) is 12.2. The van der Waals surface area contributed by atoms with Crippen molar-refractivity contribution in [1.29, 1.82) is 0 Å². The fourth-order valence-electron chi connectivity index (χ4n) is 2.16. The van der Waals surface area contributed by atoms with Crippen molar-refractivity contribution in [2.24, 2.45) is 0 Å². The molecule has 1 amide bonds. The molecule has 3 rings (SSSR count). The molecule has 0 aliphatic carbocycles. The van der Waals surface area contributed by atoms with E-state index in [1.165, 1.54) is 0 Å². The zero-order valence-corrected chi connectivity index (χ0v) is 13.2. The number of furan rings is 1. The maximum Gasteiger partial charge on any atom is 0.251 e. The molecule has 6 heteroatoms.